The van der Waals surface area contributed by atoms with Gasteiger partial charge in [-0.3, -0.25) is 0 Å². The summed E-state index contributed by atoms with van der Waals surface area (Å²) in [5.41, 5.74) is 13.0. The molecule has 0 bridgehead atoms. The zero-order chi connectivity index (χ0) is 29.1. The van der Waals surface area contributed by atoms with E-state index >= 15 is 0 Å². The number of hydrogen-bond acceptors (Lipinski definition) is 1. The maximum atomic E-state index is 4.91. The fraction of sp³-hybridized carbons (Fsp3) is 0.0238. The van der Waals surface area contributed by atoms with Crippen molar-refractivity contribution < 1.29 is 0 Å². The van der Waals surface area contributed by atoms with Crippen LogP contribution in [0.4, 0.5) is 0 Å². The van der Waals surface area contributed by atoms with Gasteiger partial charge in [0.05, 0.1) is 16.6 Å². The van der Waals surface area contributed by atoms with Crippen molar-refractivity contribution >= 4 is 16.3 Å². The lowest BCUT2D eigenvalue weighted by molar-refractivity contribution is 0.769. The third-order valence-electron chi connectivity index (χ3n) is 9.30. The second-order valence-corrected chi connectivity index (χ2v) is 11.7. The van der Waals surface area contributed by atoms with Gasteiger partial charge in [-0.15, -0.1) is 0 Å². The molecule has 0 atom stereocenters. The van der Waals surface area contributed by atoms with Crippen LogP contribution in [0.5, 0.6) is 0 Å². The Labute approximate surface area is 256 Å². The zero-order valence-corrected chi connectivity index (χ0v) is 24.1. The van der Waals surface area contributed by atoms with Crippen molar-refractivity contribution in [1.29, 1.82) is 0 Å². The molecule has 0 radical (unpaired) electrons. The standard InChI is InChI=1S/C42H28N2/c1-3-13-34(14-4-1)42(35-15-5-2-6-16-35)39-18-10-9-17-37(39)38-24-23-32(26-40(38)42)29-19-21-30(22-20-29)41-27-36-25-31-11-7-8-12-33(31)28-44(36)43-41/h1-28H. The van der Waals surface area contributed by atoms with Crippen LogP contribution >= 0.6 is 0 Å². The first kappa shape index (κ1) is 24.8. The third kappa shape index (κ3) is 3.64. The molecule has 2 aromatic heterocycles. The van der Waals surface area contributed by atoms with E-state index in [1.165, 1.54) is 55.3 Å². The van der Waals surface area contributed by atoms with Crippen LogP contribution in [-0.2, 0) is 5.41 Å². The third-order valence-corrected chi connectivity index (χ3v) is 9.30. The monoisotopic (exact) mass is 560 g/mol. The summed E-state index contributed by atoms with van der Waals surface area (Å²) < 4.78 is 1.98. The van der Waals surface area contributed by atoms with Gasteiger partial charge in [-0.2, -0.15) is 5.10 Å². The Balaban J connectivity index is 1.18. The normalized spacial score (nSPS) is 13.2. The van der Waals surface area contributed by atoms with E-state index in [1.807, 2.05) is 4.52 Å². The van der Waals surface area contributed by atoms with E-state index in [0.29, 0.717) is 0 Å². The molecule has 2 heterocycles. The first-order chi connectivity index (χ1) is 21.8. The molecule has 206 valence electrons. The van der Waals surface area contributed by atoms with Crippen molar-refractivity contribution in [3.63, 3.8) is 0 Å². The average Bonchev–Trinajstić information content (AvgIpc) is 3.65. The summed E-state index contributed by atoms with van der Waals surface area (Å²) in [6.45, 7) is 0. The fourth-order valence-electron chi connectivity index (χ4n) is 7.27. The first-order valence-corrected chi connectivity index (χ1v) is 15.1. The molecule has 6 aromatic carbocycles. The van der Waals surface area contributed by atoms with Crippen LogP contribution in [0.25, 0.3) is 49.8 Å². The van der Waals surface area contributed by atoms with Crippen molar-refractivity contribution in [2.75, 3.05) is 0 Å². The molecule has 0 amide bonds. The minimum atomic E-state index is -0.398. The Morgan fingerprint density at radius 1 is 0.432 bits per heavy atom. The molecule has 1 aliphatic rings. The summed E-state index contributed by atoms with van der Waals surface area (Å²) in [6.07, 6.45) is 2.11. The Bertz CT molecular complexity index is 2220. The van der Waals surface area contributed by atoms with E-state index in [4.69, 9.17) is 5.10 Å². The summed E-state index contributed by atoms with van der Waals surface area (Å²) in [5.74, 6) is 0. The molecule has 0 unspecified atom stereocenters. The maximum absolute atomic E-state index is 4.91. The van der Waals surface area contributed by atoms with Crippen molar-refractivity contribution in [2.45, 2.75) is 5.41 Å². The number of aromatic nitrogens is 2. The molecule has 0 fully saturated rings. The number of nitrogens with zero attached hydrogens (tertiary/aromatic N) is 2. The van der Waals surface area contributed by atoms with E-state index in [1.54, 1.807) is 0 Å². The molecule has 2 nitrogen and oxygen atoms in total. The van der Waals surface area contributed by atoms with Gasteiger partial charge in [0.25, 0.3) is 0 Å². The molecule has 0 aliphatic heterocycles. The van der Waals surface area contributed by atoms with Crippen LogP contribution in [0, 0.1) is 0 Å². The van der Waals surface area contributed by atoms with E-state index < -0.39 is 5.41 Å². The Morgan fingerprint density at radius 2 is 1.02 bits per heavy atom. The highest BCUT2D eigenvalue weighted by Crippen LogP contribution is 2.56. The molecule has 44 heavy (non-hydrogen) atoms. The van der Waals surface area contributed by atoms with E-state index in [0.717, 1.165) is 16.8 Å². The lowest BCUT2D eigenvalue weighted by Gasteiger charge is -2.34. The largest absolute Gasteiger partial charge is 0.240 e. The van der Waals surface area contributed by atoms with Crippen LogP contribution < -0.4 is 0 Å². The van der Waals surface area contributed by atoms with Gasteiger partial charge < -0.3 is 0 Å². The fourth-order valence-corrected chi connectivity index (χ4v) is 7.27. The maximum Gasteiger partial charge on any atom is 0.0933 e. The quantitative estimate of drug-likeness (QED) is 0.209. The predicted octanol–water partition coefficient (Wildman–Crippen LogP) is 10.2. The van der Waals surface area contributed by atoms with Crippen molar-refractivity contribution in [1.82, 2.24) is 9.61 Å². The molecule has 2 heteroatoms. The molecule has 8 aromatic rings. The molecule has 0 saturated carbocycles. The highest BCUT2D eigenvalue weighted by atomic mass is 15.2. The van der Waals surface area contributed by atoms with E-state index in [-0.39, 0.29) is 0 Å². The minimum absolute atomic E-state index is 0.398. The summed E-state index contributed by atoms with van der Waals surface area (Å²) in [7, 11) is 0. The van der Waals surface area contributed by atoms with Crippen LogP contribution in [0.1, 0.15) is 22.3 Å². The van der Waals surface area contributed by atoms with Gasteiger partial charge in [0.2, 0.25) is 0 Å². The summed E-state index contributed by atoms with van der Waals surface area (Å²) in [4.78, 5) is 0. The molecule has 0 spiro atoms. The molecular weight excluding hydrogens is 532 g/mol. The minimum Gasteiger partial charge on any atom is -0.240 e. The van der Waals surface area contributed by atoms with Crippen LogP contribution in [0.15, 0.2) is 170 Å². The van der Waals surface area contributed by atoms with E-state index in [2.05, 4.69) is 170 Å². The van der Waals surface area contributed by atoms with Crippen LogP contribution in [-0.4, -0.2) is 9.61 Å². The molecule has 9 rings (SSSR count). The Kier molecular flexibility index (Phi) is 5.45. The number of rotatable bonds is 4. The number of benzene rings is 6. The number of fused-ring (bicyclic) bond motifs is 5. The lowest BCUT2D eigenvalue weighted by Crippen LogP contribution is -2.28. The topological polar surface area (TPSA) is 17.3 Å². The predicted molar refractivity (Wildman–Crippen MR) is 181 cm³/mol. The SMILES string of the molecule is c1ccc(C2(c3ccccc3)c3ccccc3-c3ccc(-c4ccc(-c5cc6cc7ccccc7cn6n5)cc4)cc32)cc1. The van der Waals surface area contributed by atoms with Crippen molar-refractivity contribution in [3.05, 3.63) is 192 Å². The summed E-state index contributed by atoms with van der Waals surface area (Å²) in [5, 5.41) is 7.32. The van der Waals surface area contributed by atoms with Crippen LogP contribution in [0.3, 0.4) is 0 Å². The molecule has 1 aliphatic carbocycles. The zero-order valence-electron chi connectivity index (χ0n) is 24.1. The van der Waals surface area contributed by atoms with Gasteiger partial charge in [-0.05, 0) is 68.1 Å². The van der Waals surface area contributed by atoms with Gasteiger partial charge in [0.15, 0.2) is 0 Å². The molecule has 0 N–H and O–H groups in total. The number of hydrogen-bond donors (Lipinski definition) is 0. The van der Waals surface area contributed by atoms with Gasteiger partial charge in [0, 0.05) is 17.1 Å². The van der Waals surface area contributed by atoms with Gasteiger partial charge in [0.1, 0.15) is 0 Å². The first-order valence-electron chi connectivity index (χ1n) is 15.1. The Morgan fingerprint density at radius 3 is 1.77 bits per heavy atom. The van der Waals surface area contributed by atoms with Gasteiger partial charge in [-0.25, -0.2) is 4.52 Å². The summed E-state index contributed by atoms with van der Waals surface area (Å²) in [6, 6.07) is 59.5. The van der Waals surface area contributed by atoms with Crippen molar-refractivity contribution in [2.24, 2.45) is 0 Å². The second-order valence-electron chi connectivity index (χ2n) is 11.7. The van der Waals surface area contributed by atoms with Crippen LogP contribution in [0.2, 0.25) is 0 Å². The summed E-state index contributed by atoms with van der Waals surface area (Å²) >= 11 is 0. The highest BCUT2D eigenvalue weighted by molar-refractivity contribution is 5.89. The smallest absolute Gasteiger partial charge is 0.0933 e. The Hall–Kier alpha value is -5.73. The molecule has 0 saturated heterocycles. The highest BCUT2D eigenvalue weighted by Gasteiger charge is 2.45. The van der Waals surface area contributed by atoms with Crippen molar-refractivity contribution in [3.8, 4) is 33.5 Å². The lowest BCUT2D eigenvalue weighted by atomic mass is 9.67. The number of pyridine rings is 1. The average molecular weight is 561 g/mol. The van der Waals surface area contributed by atoms with E-state index in [9.17, 15) is 0 Å². The van der Waals surface area contributed by atoms with Gasteiger partial charge in [-0.1, -0.05) is 146 Å². The van der Waals surface area contributed by atoms with Gasteiger partial charge >= 0.3 is 0 Å². The molecular formula is C42H28N2. The second kappa shape index (κ2) is 9.65.